The van der Waals surface area contributed by atoms with Crippen molar-refractivity contribution in [1.82, 2.24) is 4.90 Å². The number of aliphatic hydroxyl groups is 1. The Morgan fingerprint density at radius 2 is 2.16 bits per heavy atom. The normalized spacial score (nSPS) is 19.3. The summed E-state index contributed by atoms with van der Waals surface area (Å²) in [7, 11) is 1.86. The predicted molar refractivity (Wildman–Crippen MR) is 76.3 cm³/mol. The van der Waals surface area contributed by atoms with E-state index in [1.165, 1.54) is 0 Å². The van der Waals surface area contributed by atoms with Crippen molar-refractivity contribution in [2.24, 2.45) is 5.92 Å². The highest BCUT2D eigenvalue weighted by atomic mass is 16.3. The van der Waals surface area contributed by atoms with E-state index in [2.05, 4.69) is 5.32 Å². The van der Waals surface area contributed by atoms with E-state index in [1.807, 2.05) is 36.2 Å². The van der Waals surface area contributed by atoms with Crippen LogP contribution in [0.15, 0.2) is 24.3 Å². The highest BCUT2D eigenvalue weighted by Crippen LogP contribution is 2.21. The molecule has 4 heteroatoms. The molecule has 2 rings (SSSR count). The summed E-state index contributed by atoms with van der Waals surface area (Å²) in [5.74, 6) is 0.546. The first-order valence-electron chi connectivity index (χ1n) is 6.92. The number of aliphatic hydroxyl groups excluding tert-OH is 1. The standard InChI is InChI=1S/C15H22N2O2/c1-16-14-6-4-13(5-7-14)15(19)17-9-2-3-12(11-17)8-10-18/h4-7,12,16,18H,2-3,8-11H2,1H3. The largest absolute Gasteiger partial charge is 0.396 e. The minimum Gasteiger partial charge on any atom is -0.396 e. The number of rotatable bonds is 4. The molecule has 1 heterocycles. The average Bonchev–Trinajstić information content (AvgIpc) is 2.47. The third kappa shape index (κ3) is 3.47. The Morgan fingerprint density at radius 1 is 1.42 bits per heavy atom. The van der Waals surface area contributed by atoms with Gasteiger partial charge in [-0.05, 0) is 49.4 Å². The topological polar surface area (TPSA) is 52.6 Å². The molecule has 0 saturated carbocycles. The van der Waals surface area contributed by atoms with Crippen LogP contribution >= 0.6 is 0 Å². The van der Waals surface area contributed by atoms with E-state index in [0.29, 0.717) is 5.92 Å². The maximum absolute atomic E-state index is 12.4. The lowest BCUT2D eigenvalue weighted by Crippen LogP contribution is -2.40. The molecule has 0 bridgehead atoms. The molecule has 1 aromatic rings. The zero-order valence-corrected chi connectivity index (χ0v) is 11.4. The zero-order chi connectivity index (χ0) is 13.7. The Balaban J connectivity index is 2.01. The van der Waals surface area contributed by atoms with Crippen LogP contribution in [-0.4, -0.2) is 42.7 Å². The van der Waals surface area contributed by atoms with Crippen LogP contribution in [0.2, 0.25) is 0 Å². The van der Waals surface area contributed by atoms with E-state index >= 15 is 0 Å². The van der Waals surface area contributed by atoms with Crippen molar-refractivity contribution in [1.29, 1.82) is 0 Å². The molecule has 0 aliphatic carbocycles. The predicted octanol–water partition coefficient (Wildman–Crippen LogP) is 1.96. The van der Waals surface area contributed by atoms with Crippen LogP contribution in [0, 0.1) is 5.92 Å². The first-order chi connectivity index (χ1) is 9.24. The quantitative estimate of drug-likeness (QED) is 0.872. The molecule has 1 aliphatic heterocycles. The summed E-state index contributed by atoms with van der Waals surface area (Å²) in [5, 5.41) is 12.1. The lowest BCUT2D eigenvalue weighted by molar-refractivity contribution is 0.0653. The fraction of sp³-hybridized carbons (Fsp3) is 0.533. The Labute approximate surface area is 114 Å². The van der Waals surface area contributed by atoms with Gasteiger partial charge in [-0.25, -0.2) is 0 Å². The van der Waals surface area contributed by atoms with Crippen LogP contribution in [0.4, 0.5) is 5.69 Å². The van der Waals surface area contributed by atoms with E-state index in [4.69, 9.17) is 5.11 Å². The Kier molecular flexibility index (Phi) is 4.80. The smallest absolute Gasteiger partial charge is 0.253 e. The van der Waals surface area contributed by atoms with Crippen molar-refractivity contribution in [3.63, 3.8) is 0 Å². The summed E-state index contributed by atoms with van der Waals surface area (Å²) in [5.41, 5.74) is 1.75. The van der Waals surface area contributed by atoms with E-state index in [1.54, 1.807) is 0 Å². The Hall–Kier alpha value is -1.55. The number of carbonyl (C=O) groups excluding carboxylic acids is 1. The fourth-order valence-corrected chi connectivity index (χ4v) is 2.63. The summed E-state index contributed by atoms with van der Waals surface area (Å²) >= 11 is 0. The second-order valence-electron chi connectivity index (χ2n) is 5.10. The number of likely N-dealkylation sites (tertiary alicyclic amines) is 1. The molecule has 1 saturated heterocycles. The van der Waals surface area contributed by atoms with Crippen LogP contribution in [0.5, 0.6) is 0 Å². The monoisotopic (exact) mass is 262 g/mol. The molecule has 1 amide bonds. The first kappa shape index (κ1) is 13.9. The molecule has 0 radical (unpaired) electrons. The molecule has 104 valence electrons. The van der Waals surface area contributed by atoms with E-state index in [-0.39, 0.29) is 12.5 Å². The summed E-state index contributed by atoms with van der Waals surface area (Å²) in [6.07, 6.45) is 2.94. The average molecular weight is 262 g/mol. The minimum atomic E-state index is 0.102. The van der Waals surface area contributed by atoms with Gasteiger partial charge in [-0.2, -0.15) is 0 Å². The van der Waals surface area contributed by atoms with Crippen molar-refractivity contribution < 1.29 is 9.90 Å². The number of nitrogens with one attached hydrogen (secondary N) is 1. The number of amides is 1. The number of benzene rings is 1. The molecular weight excluding hydrogens is 240 g/mol. The van der Waals surface area contributed by atoms with Gasteiger partial charge < -0.3 is 15.3 Å². The Bertz CT molecular complexity index is 415. The van der Waals surface area contributed by atoms with E-state index in [9.17, 15) is 4.79 Å². The lowest BCUT2D eigenvalue weighted by atomic mass is 9.94. The summed E-state index contributed by atoms with van der Waals surface area (Å²) in [6.45, 7) is 1.81. The second kappa shape index (κ2) is 6.57. The molecule has 2 N–H and O–H groups in total. The number of nitrogens with zero attached hydrogens (tertiary/aromatic N) is 1. The molecule has 1 aromatic carbocycles. The van der Waals surface area contributed by atoms with Gasteiger partial charge in [-0.15, -0.1) is 0 Å². The summed E-state index contributed by atoms with van der Waals surface area (Å²) in [6, 6.07) is 7.57. The van der Waals surface area contributed by atoms with Crippen molar-refractivity contribution in [2.45, 2.75) is 19.3 Å². The first-order valence-corrected chi connectivity index (χ1v) is 6.92. The third-order valence-electron chi connectivity index (χ3n) is 3.76. The molecule has 1 aliphatic rings. The zero-order valence-electron chi connectivity index (χ0n) is 11.4. The van der Waals surface area contributed by atoms with Crippen LogP contribution in [0.3, 0.4) is 0 Å². The van der Waals surface area contributed by atoms with Crippen molar-refractivity contribution in [3.8, 4) is 0 Å². The maximum atomic E-state index is 12.4. The van der Waals surface area contributed by atoms with Crippen molar-refractivity contribution in [2.75, 3.05) is 32.1 Å². The molecule has 4 nitrogen and oxygen atoms in total. The lowest BCUT2D eigenvalue weighted by Gasteiger charge is -2.32. The minimum absolute atomic E-state index is 0.102. The number of carbonyl (C=O) groups is 1. The van der Waals surface area contributed by atoms with Crippen LogP contribution in [0.25, 0.3) is 0 Å². The molecule has 0 aromatic heterocycles. The molecular formula is C15H22N2O2. The van der Waals surface area contributed by atoms with Gasteiger partial charge in [-0.1, -0.05) is 0 Å². The van der Waals surface area contributed by atoms with Crippen LogP contribution < -0.4 is 5.32 Å². The second-order valence-corrected chi connectivity index (χ2v) is 5.10. The van der Waals surface area contributed by atoms with Gasteiger partial charge in [0, 0.05) is 38.0 Å². The number of hydrogen-bond donors (Lipinski definition) is 2. The van der Waals surface area contributed by atoms with Gasteiger partial charge in [0.25, 0.3) is 5.91 Å². The van der Waals surface area contributed by atoms with Crippen molar-refractivity contribution in [3.05, 3.63) is 29.8 Å². The molecule has 1 atom stereocenters. The summed E-state index contributed by atoms with van der Waals surface area (Å²) < 4.78 is 0. The number of anilines is 1. The van der Waals surface area contributed by atoms with Gasteiger partial charge >= 0.3 is 0 Å². The summed E-state index contributed by atoms with van der Waals surface area (Å²) in [4.78, 5) is 14.3. The SMILES string of the molecule is CNc1ccc(C(=O)N2CCCC(CCO)C2)cc1. The highest BCUT2D eigenvalue weighted by Gasteiger charge is 2.23. The molecule has 19 heavy (non-hydrogen) atoms. The van der Waals surface area contributed by atoms with Gasteiger partial charge in [0.15, 0.2) is 0 Å². The number of hydrogen-bond acceptors (Lipinski definition) is 3. The van der Waals surface area contributed by atoms with Crippen molar-refractivity contribution >= 4 is 11.6 Å². The fourth-order valence-electron chi connectivity index (χ4n) is 2.63. The maximum Gasteiger partial charge on any atom is 0.253 e. The van der Waals surface area contributed by atoms with E-state index in [0.717, 1.165) is 43.6 Å². The van der Waals surface area contributed by atoms with Crippen LogP contribution in [-0.2, 0) is 0 Å². The van der Waals surface area contributed by atoms with Crippen LogP contribution in [0.1, 0.15) is 29.6 Å². The third-order valence-corrected chi connectivity index (χ3v) is 3.76. The van der Waals surface area contributed by atoms with E-state index < -0.39 is 0 Å². The van der Waals surface area contributed by atoms with Gasteiger partial charge in [0.1, 0.15) is 0 Å². The molecule has 1 fully saturated rings. The van der Waals surface area contributed by atoms with Gasteiger partial charge in [-0.3, -0.25) is 4.79 Å². The Morgan fingerprint density at radius 3 is 2.79 bits per heavy atom. The number of piperidine rings is 1. The van der Waals surface area contributed by atoms with Gasteiger partial charge in [0.2, 0.25) is 0 Å². The van der Waals surface area contributed by atoms with Gasteiger partial charge in [0.05, 0.1) is 0 Å². The molecule has 0 spiro atoms. The highest BCUT2D eigenvalue weighted by molar-refractivity contribution is 5.94. The molecule has 1 unspecified atom stereocenters.